The number of amides is 1. The van der Waals surface area contributed by atoms with Gasteiger partial charge < -0.3 is 16.2 Å². The van der Waals surface area contributed by atoms with Crippen molar-refractivity contribution in [3.05, 3.63) is 0 Å². The molecular formula is C13H23N3O3. The van der Waals surface area contributed by atoms with Crippen molar-refractivity contribution in [3.8, 4) is 0 Å². The van der Waals surface area contributed by atoms with Crippen LogP contribution in [-0.2, 0) is 9.59 Å². The van der Waals surface area contributed by atoms with E-state index in [2.05, 4.69) is 10.2 Å². The SMILES string of the molecule is NC(=O)CN1CC(CCC(=O)O)CC(NC2CC2)C1. The van der Waals surface area contributed by atoms with Crippen LogP contribution in [0, 0.1) is 5.92 Å². The first kappa shape index (κ1) is 14.3. The molecular weight excluding hydrogens is 246 g/mol. The topological polar surface area (TPSA) is 95.7 Å². The molecule has 2 fully saturated rings. The minimum absolute atomic E-state index is 0.200. The monoisotopic (exact) mass is 269 g/mol. The normalized spacial score (nSPS) is 28.2. The maximum absolute atomic E-state index is 11.0. The Kier molecular flexibility index (Phi) is 4.76. The minimum atomic E-state index is -0.751. The molecule has 2 unspecified atom stereocenters. The number of carbonyl (C=O) groups is 2. The lowest BCUT2D eigenvalue weighted by Gasteiger charge is -2.37. The Morgan fingerprint density at radius 2 is 2.00 bits per heavy atom. The smallest absolute Gasteiger partial charge is 0.303 e. The number of piperidine rings is 1. The second-order valence-corrected chi connectivity index (χ2v) is 5.83. The molecule has 1 heterocycles. The van der Waals surface area contributed by atoms with Gasteiger partial charge >= 0.3 is 5.97 Å². The van der Waals surface area contributed by atoms with Crippen molar-refractivity contribution in [2.75, 3.05) is 19.6 Å². The van der Waals surface area contributed by atoms with Crippen molar-refractivity contribution in [2.24, 2.45) is 11.7 Å². The van der Waals surface area contributed by atoms with Gasteiger partial charge in [-0.1, -0.05) is 0 Å². The fraction of sp³-hybridized carbons (Fsp3) is 0.846. The average Bonchev–Trinajstić information content (AvgIpc) is 3.09. The molecule has 1 aliphatic heterocycles. The van der Waals surface area contributed by atoms with E-state index in [1.807, 2.05) is 0 Å². The first-order valence-electron chi connectivity index (χ1n) is 7.01. The summed E-state index contributed by atoms with van der Waals surface area (Å²) in [6.07, 6.45) is 4.33. The second kappa shape index (κ2) is 6.34. The summed E-state index contributed by atoms with van der Waals surface area (Å²) < 4.78 is 0. The molecule has 108 valence electrons. The van der Waals surface area contributed by atoms with Gasteiger partial charge in [0, 0.05) is 31.6 Å². The number of primary amides is 1. The zero-order chi connectivity index (χ0) is 13.8. The number of hydrogen-bond donors (Lipinski definition) is 3. The molecule has 0 radical (unpaired) electrons. The summed E-state index contributed by atoms with van der Waals surface area (Å²) in [6, 6.07) is 0.984. The molecule has 4 N–H and O–H groups in total. The molecule has 6 nitrogen and oxygen atoms in total. The van der Waals surface area contributed by atoms with E-state index in [9.17, 15) is 9.59 Å². The number of rotatable bonds is 7. The number of carboxylic acids is 1. The summed E-state index contributed by atoms with van der Waals surface area (Å²) in [7, 11) is 0. The first-order chi connectivity index (χ1) is 9.02. The Bertz CT molecular complexity index is 344. The molecule has 1 saturated carbocycles. The van der Waals surface area contributed by atoms with E-state index in [4.69, 9.17) is 10.8 Å². The van der Waals surface area contributed by atoms with Crippen LogP contribution in [0.1, 0.15) is 32.1 Å². The highest BCUT2D eigenvalue weighted by molar-refractivity contribution is 5.75. The summed E-state index contributed by atoms with van der Waals surface area (Å²) in [6.45, 7) is 1.88. The lowest BCUT2D eigenvalue weighted by molar-refractivity contribution is -0.137. The Hall–Kier alpha value is -1.14. The quantitative estimate of drug-likeness (QED) is 0.594. The van der Waals surface area contributed by atoms with Gasteiger partial charge in [-0.25, -0.2) is 0 Å². The molecule has 6 heteroatoms. The van der Waals surface area contributed by atoms with Crippen LogP contribution in [0.5, 0.6) is 0 Å². The summed E-state index contributed by atoms with van der Waals surface area (Å²) >= 11 is 0. The van der Waals surface area contributed by atoms with Crippen LogP contribution < -0.4 is 11.1 Å². The van der Waals surface area contributed by atoms with E-state index in [1.165, 1.54) is 12.8 Å². The summed E-state index contributed by atoms with van der Waals surface area (Å²) in [5.74, 6) is -0.733. The fourth-order valence-corrected chi connectivity index (χ4v) is 2.89. The lowest BCUT2D eigenvalue weighted by Crippen LogP contribution is -2.51. The Morgan fingerprint density at radius 1 is 1.26 bits per heavy atom. The summed E-state index contributed by atoms with van der Waals surface area (Å²) in [5, 5.41) is 12.3. The van der Waals surface area contributed by atoms with Crippen LogP contribution >= 0.6 is 0 Å². The lowest BCUT2D eigenvalue weighted by atomic mass is 9.90. The highest BCUT2D eigenvalue weighted by Gasteiger charge is 2.31. The van der Waals surface area contributed by atoms with E-state index in [0.717, 1.165) is 19.5 Å². The number of nitrogens with one attached hydrogen (secondary N) is 1. The third kappa shape index (κ3) is 5.16. The third-order valence-corrected chi connectivity index (χ3v) is 3.81. The Balaban J connectivity index is 1.86. The number of nitrogens with zero attached hydrogens (tertiary/aromatic N) is 1. The molecule has 0 bridgehead atoms. The molecule has 2 atom stereocenters. The number of carboxylic acid groups (broad SMARTS) is 1. The van der Waals surface area contributed by atoms with Crippen LogP contribution in [0.2, 0.25) is 0 Å². The maximum Gasteiger partial charge on any atom is 0.303 e. The molecule has 2 aliphatic rings. The number of hydrogen-bond acceptors (Lipinski definition) is 4. The predicted molar refractivity (Wildman–Crippen MR) is 70.6 cm³/mol. The number of nitrogens with two attached hydrogens (primary N) is 1. The minimum Gasteiger partial charge on any atom is -0.481 e. The fourth-order valence-electron chi connectivity index (χ4n) is 2.89. The number of aliphatic carboxylic acids is 1. The highest BCUT2D eigenvalue weighted by atomic mass is 16.4. The van der Waals surface area contributed by atoms with E-state index >= 15 is 0 Å². The van der Waals surface area contributed by atoms with E-state index in [-0.39, 0.29) is 18.9 Å². The molecule has 0 aromatic carbocycles. The molecule has 19 heavy (non-hydrogen) atoms. The van der Waals surface area contributed by atoms with Crippen LogP contribution in [0.15, 0.2) is 0 Å². The van der Waals surface area contributed by atoms with Crippen molar-refractivity contribution in [2.45, 2.75) is 44.2 Å². The molecule has 0 aromatic heterocycles. The van der Waals surface area contributed by atoms with Gasteiger partial charge in [-0.2, -0.15) is 0 Å². The molecule has 1 saturated heterocycles. The van der Waals surface area contributed by atoms with E-state index < -0.39 is 5.97 Å². The molecule has 0 aromatic rings. The van der Waals surface area contributed by atoms with Crippen molar-refractivity contribution in [1.29, 1.82) is 0 Å². The van der Waals surface area contributed by atoms with Crippen LogP contribution in [-0.4, -0.2) is 53.6 Å². The average molecular weight is 269 g/mol. The number of carbonyl (C=O) groups excluding carboxylic acids is 1. The molecule has 1 amide bonds. The van der Waals surface area contributed by atoms with Gasteiger partial charge in [0.05, 0.1) is 6.54 Å². The standard InChI is InChI=1S/C13H23N3O3/c14-12(17)8-16-6-9(1-4-13(18)19)5-11(7-16)15-10-2-3-10/h9-11,15H,1-8H2,(H2,14,17)(H,18,19). The molecule has 2 rings (SSSR count). The van der Waals surface area contributed by atoms with Gasteiger partial charge in [0.1, 0.15) is 0 Å². The van der Waals surface area contributed by atoms with Crippen LogP contribution in [0.4, 0.5) is 0 Å². The van der Waals surface area contributed by atoms with Crippen LogP contribution in [0.25, 0.3) is 0 Å². The largest absolute Gasteiger partial charge is 0.481 e. The van der Waals surface area contributed by atoms with Crippen molar-refractivity contribution in [1.82, 2.24) is 10.2 Å². The van der Waals surface area contributed by atoms with Crippen molar-refractivity contribution < 1.29 is 14.7 Å². The van der Waals surface area contributed by atoms with Crippen molar-refractivity contribution >= 4 is 11.9 Å². The summed E-state index contributed by atoms with van der Waals surface area (Å²) in [5.41, 5.74) is 5.25. The van der Waals surface area contributed by atoms with Gasteiger partial charge in [-0.05, 0) is 31.6 Å². The zero-order valence-electron chi connectivity index (χ0n) is 11.2. The van der Waals surface area contributed by atoms with E-state index in [1.54, 1.807) is 0 Å². The van der Waals surface area contributed by atoms with Gasteiger partial charge in [-0.15, -0.1) is 0 Å². The Morgan fingerprint density at radius 3 is 2.58 bits per heavy atom. The van der Waals surface area contributed by atoms with Gasteiger partial charge in [-0.3, -0.25) is 14.5 Å². The molecule has 1 aliphatic carbocycles. The van der Waals surface area contributed by atoms with Gasteiger partial charge in [0.25, 0.3) is 0 Å². The predicted octanol–water partition coefficient (Wildman–Crippen LogP) is -0.221. The van der Waals surface area contributed by atoms with Crippen LogP contribution in [0.3, 0.4) is 0 Å². The van der Waals surface area contributed by atoms with E-state index in [0.29, 0.717) is 24.4 Å². The van der Waals surface area contributed by atoms with Gasteiger partial charge in [0.2, 0.25) is 5.91 Å². The van der Waals surface area contributed by atoms with Crippen molar-refractivity contribution in [3.63, 3.8) is 0 Å². The first-order valence-corrected chi connectivity index (χ1v) is 7.01. The Labute approximate surface area is 113 Å². The molecule has 0 spiro atoms. The van der Waals surface area contributed by atoms with Gasteiger partial charge in [0.15, 0.2) is 0 Å². The maximum atomic E-state index is 11.0. The number of likely N-dealkylation sites (tertiary alicyclic amines) is 1. The zero-order valence-corrected chi connectivity index (χ0v) is 11.2. The summed E-state index contributed by atoms with van der Waals surface area (Å²) in [4.78, 5) is 23.8. The third-order valence-electron chi connectivity index (χ3n) is 3.81. The second-order valence-electron chi connectivity index (χ2n) is 5.83. The highest BCUT2D eigenvalue weighted by Crippen LogP contribution is 2.25.